The Morgan fingerprint density at radius 2 is 1.29 bits per heavy atom. The van der Waals surface area contributed by atoms with Crippen LogP contribution in [0.2, 0.25) is 0 Å². The van der Waals surface area contributed by atoms with E-state index in [2.05, 4.69) is 5.32 Å². The molecule has 5 nitrogen and oxygen atoms in total. The lowest BCUT2D eigenvalue weighted by Gasteiger charge is -2.25. The van der Waals surface area contributed by atoms with E-state index in [1.807, 2.05) is 84.9 Å². The molecule has 0 heterocycles. The lowest BCUT2D eigenvalue weighted by molar-refractivity contribution is -0.0168. The Balaban J connectivity index is 1.55. The smallest absolute Gasteiger partial charge is 0.123 e. The van der Waals surface area contributed by atoms with Crippen LogP contribution >= 0.6 is 0 Å². The molecular formula is C26H31NO4. The summed E-state index contributed by atoms with van der Waals surface area (Å²) < 4.78 is 17.1. The van der Waals surface area contributed by atoms with Crippen LogP contribution in [0.1, 0.15) is 16.7 Å². The molecule has 2 N–H and O–H groups in total. The number of hydrogen-bond acceptors (Lipinski definition) is 5. The molecule has 0 radical (unpaired) electrons. The number of rotatable bonds is 13. The Kier molecular flexibility index (Phi) is 9.54. The molecule has 164 valence electrons. The Morgan fingerprint density at radius 1 is 0.742 bits per heavy atom. The monoisotopic (exact) mass is 421 g/mol. The lowest BCUT2D eigenvalue weighted by Crippen LogP contribution is -2.45. The third kappa shape index (κ3) is 7.81. The molecule has 0 unspecified atom stereocenters. The van der Waals surface area contributed by atoms with Gasteiger partial charge in [0.2, 0.25) is 0 Å². The van der Waals surface area contributed by atoms with Crippen molar-refractivity contribution in [1.82, 2.24) is 5.32 Å². The number of nitrogens with one attached hydrogen (secondary N) is 1. The second kappa shape index (κ2) is 12.9. The van der Waals surface area contributed by atoms with Crippen molar-refractivity contribution in [3.05, 3.63) is 102 Å². The molecule has 0 aliphatic carbocycles. The number of methoxy groups -OCH3 is 1. The molecule has 0 aromatic heterocycles. The van der Waals surface area contributed by atoms with Crippen LogP contribution in [-0.2, 0) is 29.2 Å². The van der Waals surface area contributed by atoms with Crippen molar-refractivity contribution in [1.29, 1.82) is 0 Å². The molecule has 0 fully saturated rings. The minimum absolute atomic E-state index is 0.215. The van der Waals surface area contributed by atoms with Crippen molar-refractivity contribution in [3.63, 3.8) is 0 Å². The van der Waals surface area contributed by atoms with Crippen molar-refractivity contribution in [2.24, 2.45) is 0 Å². The molecule has 0 amide bonds. The van der Waals surface area contributed by atoms with Gasteiger partial charge in [-0.15, -0.1) is 0 Å². The van der Waals surface area contributed by atoms with Crippen LogP contribution in [-0.4, -0.2) is 37.6 Å². The van der Waals surface area contributed by atoms with E-state index in [0.717, 1.165) is 22.4 Å². The highest BCUT2D eigenvalue weighted by atomic mass is 16.5. The summed E-state index contributed by atoms with van der Waals surface area (Å²) in [6.07, 6.45) is -0.714. The van der Waals surface area contributed by atoms with Gasteiger partial charge in [0.1, 0.15) is 5.75 Å². The molecule has 3 aromatic carbocycles. The number of hydrogen-bond donors (Lipinski definition) is 2. The first-order valence-corrected chi connectivity index (χ1v) is 10.5. The summed E-state index contributed by atoms with van der Waals surface area (Å²) >= 11 is 0. The Hall–Kier alpha value is -2.70. The van der Waals surface area contributed by atoms with E-state index in [0.29, 0.717) is 26.4 Å². The molecule has 0 saturated heterocycles. The van der Waals surface area contributed by atoms with Gasteiger partial charge in [0.15, 0.2) is 0 Å². The summed E-state index contributed by atoms with van der Waals surface area (Å²) in [6.45, 7) is 2.08. The Morgan fingerprint density at radius 3 is 1.90 bits per heavy atom. The molecule has 0 aliphatic heterocycles. The van der Waals surface area contributed by atoms with E-state index in [9.17, 15) is 5.11 Å². The van der Waals surface area contributed by atoms with Gasteiger partial charge in [0, 0.05) is 12.1 Å². The third-order valence-electron chi connectivity index (χ3n) is 5.02. The van der Waals surface area contributed by atoms with Crippen molar-refractivity contribution >= 4 is 0 Å². The number of aliphatic hydroxyl groups excluding tert-OH is 1. The highest BCUT2D eigenvalue weighted by Gasteiger charge is 2.20. The van der Waals surface area contributed by atoms with Gasteiger partial charge in [-0.3, -0.25) is 0 Å². The minimum Gasteiger partial charge on any atom is -0.496 e. The van der Waals surface area contributed by atoms with Crippen LogP contribution in [0.25, 0.3) is 0 Å². The zero-order valence-corrected chi connectivity index (χ0v) is 17.9. The summed E-state index contributed by atoms with van der Waals surface area (Å²) in [5.74, 6) is 0.814. The zero-order valence-electron chi connectivity index (χ0n) is 17.9. The van der Waals surface area contributed by atoms with E-state index in [-0.39, 0.29) is 12.6 Å². The normalized spacial score (nSPS) is 13.0. The lowest BCUT2D eigenvalue weighted by atomic mass is 10.1. The van der Waals surface area contributed by atoms with E-state index >= 15 is 0 Å². The van der Waals surface area contributed by atoms with Crippen LogP contribution < -0.4 is 10.1 Å². The Bertz CT molecular complexity index is 873. The summed E-state index contributed by atoms with van der Waals surface area (Å²) in [6, 6.07) is 27.5. The zero-order chi connectivity index (χ0) is 21.7. The maximum atomic E-state index is 10.8. The second-order valence-electron chi connectivity index (χ2n) is 7.37. The van der Waals surface area contributed by atoms with Gasteiger partial charge in [-0.1, -0.05) is 78.9 Å². The third-order valence-corrected chi connectivity index (χ3v) is 5.02. The van der Waals surface area contributed by atoms with Crippen LogP contribution in [0.5, 0.6) is 5.75 Å². The van der Waals surface area contributed by atoms with E-state index in [1.165, 1.54) is 0 Å². The van der Waals surface area contributed by atoms with E-state index < -0.39 is 6.10 Å². The molecule has 5 heteroatoms. The van der Waals surface area contributed by atoms with Gasteiger partial charge in [-0.25, -0.2) is 0 Å². The average Bonchev–Trinajstić information content (AvgIpc) is 2.82. The molecule has 2 atom stereocenters. The molecule has 3 rings (SSSR count). The molecular weight excluding hydrogens is 390 g/mol. The van der Waals surface area contributed by atoms with Gasteiger partial charge in [-0.2, -0.15) is 0 Å². The largest absolute Gasteiger partial charge is 0.496 e. The van der Waals surface area contributed by atoms with Crippen LogP contribution in [0.4, 0.5) is 0 Å². The topological polar surface area (TPSA) is 60.0 Å². The Labute approximate surface area is 184 Å². The van der Waals surface area contributed by atoms with E-state index in [1.54, 1.807) is 7.11 Å². The predicted molar refractivity (Wildman–Crippen MR) is 122 cm³/mol. The fourth-order valence-electron chi connectivity index (χ4n) is 3.26. The highest BCUT2D eigenvalue weighted by Crippen LogP contribution is 2.17. The number of benzene rings is 3. The van der Waals surface area contributed by atoms with Gasteiger partial charge >= 0.3 is 0 Å². The molecule has 0 spiro atoms. The fraction of sp³-hybridized carbons (Fsp3) is 0.308. The van der Waals surface area contributed by atoms with Crippen LogP contribution in [0.15, 0.2) is 84.9 Å². The maximum Gasteiger partial charge on any atom is 0.123 e. The molecule has 3 aromatic rings. The van der Waals surface area contributed by atoms with Crippen molar-refractivity contribution in [2.45, 2.75) is 31.9 Å². The first-order chi connectivity index (χ1) is 15.3. The van der Waals surface area contributed by atoms with Crippen LogP contribution in [0.3, 0.4) is 0 Å². The number of ether oxygens (including phenoxy) is 3. The summed E-state index contributed by atoms with van der Waals surface area (Å²) in [7, 11) is 1.66. The minimum atomic E-state index is -0.714. The summed E-state index contributed by atoms with van der Waals surface area (Å²) in [5, 5.41) is 14.2. The van der Waals surface area contributed by atoms with Crippen molar-refractivity contribution < 1.29 is 19.3 Å². The standard InChI is InChI=1S/C26H31NO4/c1-29-26-15-9-8-14-23(26)16-27-24(19-30-17-21-10-4-2-5-11-21)25(28)20-31-18-22-12-6-3-7-13-22/h2-15,24-25,27-28H,16-20H2,1H3/t24-,25+/m1/s1. The van der Waals surface area contributed by atoms with Gasteiger partial charge in [0.05, 0.1) is 45.7 Å². The summed E-state index contributed by atoms with van der Waals surface area (Å²) in [5.41, 5.74) is 3.20. The first kappa shape index (κ1) is 23.0. The molecule has 0 saturated carbocycles. The number of aliphatic hydroxyl groups is 1. The fourth-order valence-corrected chi connectivity index (χ4v) is 3.26. The second-order valence-corrected chi connectivity index (χ2v) is 7.37. The van der Waals surface area contributed by atoms with Gasteiger partial charge < -0.3 is 24.6 Å². The van der Waals surface area contributed by atoms with Crippen molar-refractivity contribution in [3.8, 4) is 5.75 Å². The highest BCUT2D eigenvalue weighted by molar-refractivity contribution is 5.33. The summed E-state index contributed by atoms with van der Waals surface area (Å²) in [4.78, 5) is 0. The molecule has 0 bridgehead atoms. The van der Waals surface area contributed by atoms with Gasteiger partial charge in [-0.05, 0) is 17.2 Å². The molecule has 31 heavy (non-hydrogen) atoms. The van der Waals surface area contributed by atoms with E-state index in [4.69, 9.17) is 14.2 Å². The van der Waals surface area contributed by atoms with Crippen molar-refractivity contribution in [2.75, 3.05) is 20.3 Å². The quantitative estimate of drug-likeness (QED) is 0.438. The van der Waals surface area contributed by atoms with Gasteiger partial charge in [0.25, 0.3) is 0 Å². The average molecular weight is 422 g/mol. The number of para-hydroxylation sites is 1. The molecule has 0 aliphatic rings. The predicted octanol–water partition coefficient (Wildman–Crippen LogP) is 3.95. The maximum absolute atomic E-state index is 10.8. The van der Waals surface area contributed by atoms with Crippen LogP contribution in [0, 0.1) is 0 Å². The first-order valence-electron chi connectivity index (χ1n) is 10.5. The SMILES string of the molecule is COc1ccccc1CN[C@H](COCc1ccccc1)[C@@H](O)COCc1ccccc1.